The van der Waals surface area contributed by atoms with Crippen molar-refractivity contribution in [2.24, 2.45) is 0 Å². The van der Waals surface area contributed by atoms with E-state index in [2.05, 4.69) is 0 Å². The van der Waals surface area contributed by atoms with Crippen LogP contribution in [-0.2, 0) is 5.88 Å². The highest BCUT2D eigenvalue weighted by atomic mass is 35.5. The zero-order chi connectivity index (χ0) is 8.97. The van der Waals surface area contributed by atoms with Gasteiger partial charge in [-0.2, -0.15) is 0 Å². The molecule has 1 aromatic carbocycles. The number of methoxy groups -OCH3 is 2. The number of hydrogen-bond donors (Lipinski definition) is 0. The molecule has 0 saturated heterocycles. The van der Waals surface area contributed by atoms with E-state index in [1.165, 1.54) is 0 Å². The number of ether oxygens (including phenoxy) is 2. The molecule has 0 aromatic heterocycles. The van der Waals surface area contributed by atoms with Gasteiger partial charge in [-0.25, -0.2) is 0 Å². The standard InChI is InChI=1S/C9H11ClO2.ClH/c1-11-8-3-4-9(12-2)7(5-8)6-10;/h3-5H,6H2,1-2H3;1H. The third-order valence-corrected chi connectivity index (χ3v) is 1.92. The van der Waals surface area contributed by atoms with Crippen LogP contribution in [0.15, 0.2) is 18.2 Å². The smallest absolute Gasteiger partial charge is 0.123 e. The molecule has 0 aliphatic rings. The van der Waals surface area contributed by atoms with Crippen LogP contribution in [0.2, 0.25) is 0 Å². The highest BCUT2D eigenvalue weighted by Crippen LogP contribution is 2.24. The average molecular weight is 223 g/mol. The molecule has 0 N–H and O–H groups in total. The maximum absolute atomic E-state index is 5.70. The highest BCUT2D eigenvalue weighted by Gasteiger charge is 2.02. The van der Waals surface area contributed by atoms with Crippen molar-refractivity contribution in [3.8, 4) is 11.5 Å². The molecule has 4 heteroatoms. The SMILES string of the molecule is COc1ccc(OC)c(CCl)c1.Cl. The summed E-state index contributed by atoms with van der Waals surface area (Å²) >= 11 is 5.70. The molecule has 0 radical (unpaired) electrons. The third kappa shape index (κ3) is 2.98. The topological polar surface area (TPSA) is 18.5 Å². The van der Waals surface area contributed by atoms with Crippen molar-refractivity contribution in [2.45, 2.75) is 5.88 Å². The number of hydrogen-bond acceptors (Lipinski definition) is 2. The Labute approximate surface area is 89.2 Å². The Hall–Kier alpha value is -0.600. The van der Waals surface area contributed by atoms with Crippen molar-refractivity contribution in [2.75, 3.05) is 14.2 Å². The van der Waals surface area contributed by atoms with Crippen LogP contribution in [0.5, 0.6) is 11.5 Å². The fourth-order valence-corrected chi connectivity index (χ4v) is 1.20. The first-order chi connectivity index (χ1) is 5.81. The van der Waals surface area contributed by atoms with Crippen LogP contribution in [0.4, 0.5) is 0 Å². The second-order valence-electron chi connectivity index (χ2n) is 2.31. The lowest BCUT2D eigenvalue weighted by Crippen LogP contribution is -1.90. The lowest BCUT2D eigenvalue weighted by Gasteiger charge is -2.07. The summed E-state index contributed by atoms with van der Waals surface area (Å²) in [5, 5.41) is 0. The van der Waals surface area contributed by atoms with Gasteiger partial charge in [0.2, 0.25) is 0 Å². The number of alkyl halides is 1. The summed E-state index contributed by atoms with van der Waals surface area (Å²) in [6.45, 7) is 0. The van der Waals surface area contributed by atoms with Gasteiger partial charge in [0.25, 0.3) is 0 Å². The maximum Gasteiger partial charge on any atom is 0.123 e. The molecule has 0 aliphatic carbocycles. The minimum Gasteiger partial charge on any atom is -0.497 e. The van der Waals surface area contributed by atoms with E-state index < -0.39 is 0 Å². The van der Waals surface area contributed by atoms with Gasteiger partial charge >= 0.3 is 0 Å². The maximum atomic E-state index is 5.70. The minimum atomic E-state index is 0. The number of halogens is 2. The first-order valence-corrected chi connectivity index (χ1v) is 4.12. The third-order valence-electron chi connectivity index (χ3n) is 1.63. The monoisotopic (exact) mass is 222 g/mol. The summed E-state index contributed by atoms with van der Waals surface area (Å²) in [6.07, 6.45) is 0. The van der Waals surface area contributed by atoms with Crippen molar-refractivity contribution in [1.82, 2.24) is 0 Å². The lowest BCUT2D eigenvalue weighted by molar-refractivity contribution is 0.400. The minimum absolute atomic E-state index is 0. The molecule has 0 fully saturated rings. The van der Waals surface area contributed by atoms with E-state index in [1.807, 2.05) is 18.2 Å². The summed E-state index contributed by atoms with van der Waals surface area (Å²) in [5.74, 6) is 2.03. The predicted molar refractivity (Wildman–Crippen MR) is 56.4 cm³/mol. The molecule has 0 amide bonds. The Kier molecular flexibility index (Phi) is 5.67. The van der Waals surface area contributed by atoms with Crippen molar-refractivity contribution < 1.29 is 9.47 Å². The average Bonchev–Trinajstić information content (AvgIpc) is 2.16. The second kappa shape index (κ2) is 5.95. The van der Waals surface area contributed by atoms with E-state index >= 15 is 0 Å². The fraction of sp³-hybridized carbons (Fsp3) is 0.333. The van der Waals surface area contributed by atoms with E-state index in [9.17, 15) is 0 Å². The van der Waals surface area contributed by atoms with Gasteiger partial charge in [0.05, 0.1) is 20.1 Å². The van der Waals surface area contributed by atoms with Crippen LogP contribution >= 0.6 is 24.0 Å². The summed E-state index contributed by atoms with van der Waals surface area (Å²) in [5.41, 5.74) is 0.943. The molecular weight excluding hydrogens is 211 g/mol. The van der Waals surface area contributed by atoms with Gasteiger partial charge in [-0.15, -0.1) is 24.0 Å². The molecule has 2 nitrogen and oxygen atoms in total. The van der Waals surface area contributed by atoms with E-state index in [4.69, 9.17) is 21.1 Å². The first kappa shape index (κ1) is 12.4. The zero-order valence-corrected chi connectivity index (χ0v) is 9.11. The van der Waals surface area contributed by atoms with Gasteiger partial charge in [-0.05, 0) is 18.2 Å². The Balaban J connectivity index is 0.00000144. The lowest BCUT2D eigenvalue weighted by atomic mass is 10.2. The second-order valence-corrected chi connectivity index (χ2v) is 2.58. The fourth-order valence-electron chi connectivity index (χ4n) is 0.986. The molecule has 0 atom stereocenters. The molecule has 0 aliphatic heterocycles. The van der Waals surface area contributed by atoms with Gasteiger partial charge in [0.15, 0.2) is 0 Å². The Morgan fingerprint density at radius 2 is 1.92 bits per heavy atom. The predicted octanol–water partition coefficient (Wildman–Crippen LogP) is 2.86. The molecule has 0 unspecified atom stereocenters. The first-order valence-electron chi connectivity index (χ1n) is 3.58. The zero-order valence-electron chi connectivity index (χ0n) is 7.54. The van der Waals surface area contributed by atoms with Gasteiger partial charge < -0.3 is 9.47 Å². The van der Waals surface area contributed by atoms with Crippen molar-refractivity contribution in [3.63, 3.8) is 0 Å². The molecular formula is C9H12Cl2O2. The number of rotatable bonds is 3. The van der Waals surface area contributed by atoms with Crippen LogP contribution < -0.4 is 9.47 Å². The van der Waals surface area contributed by atoms with Crippen LogP contribution in [0.1, 0.15) is 5.56 Å². The van der Waals surface area contributed by atoms with Crippen LogP contribution in [0.3, 0.4) is 0 Å². The summed E-state index contributed by atoms with van der Waals surface area (Å²) in [4.78, 5) is 0. The van der Waals surface area contributed by atoms with Crippen molar-refractivity contribution >= 4 is 24.0 Å². The molecule has 1 rings (SSSR count). The molecule has 0 bridgehead atoms. The summed E-state index contributed by atoms with van der Waals surface area (Å²) < 4.78 is 10.1. The molecule has 0 heterocycles. The Morgan fingerprint density at radius 1 is 1.23 bits per heavy atom. The van der Waals surface area contributed by atoms with Gasteiger partial charge in [0, 0.05) is 5.56 Å². The number of benzene rings is 1. The van der Waals surface area contributed by atoms with Gasteiger partial charge in [-0.3, -0.25) is 0 Å². The van der Waals surface area contributed by atoms with Crippen LogP contribution in [0, 0.1) is 0 Å². The Morgan fingerprint density at radius 3 is 2.38 bits per heavy atom. The molecule has 0 saturated carbocycles. The highest BCUT2D eigenvalue weighted by molar-refractivity contribution is 6.17. The van der Waals surface area contributed by atoms with E-state index in [-0.39, 0.29) is 12.4 Å². The molecule has 74 valence electrons. The van der Waals surface area contributed by atoms with Gasteiger partial charge in [0.1, 0.15) is 11.5 Å². The van der Waals surface area contributed by atoms with Gasteiger partial charge in [-0.1, -0.05) is 0 Å². The largest absolute Gasteiger partial charge is 0.497 e. The van der Waals surface area contributed by atoms with Crippen LogP contribution in [-0.4, -0.2) is 14.2 Å². The summed E-state index contributed by atoms with van der Waals surface area (Å²) in [7, 11) is 3.25. The molecule has 13 heavy (non-hydrogen) atoms. The molecule has 0 spiro atoms. The van der Waals surface area contributed by atoms with E-state index in [1.54, 1.807) is 14.2 Å². The Bertz CT molecular complexity index is 264. The van der Waals surface area contributed by atoms with Crippen molar-refractivity contribution in [3.05, 3.63) is 23.8 Å². The van der Waals surface area contributed by atoms with E-state index in [0.29, 0.717) is 5.88 Å². The molecule has 1 aromatic rings. The van der Waals surface area contributed by atoms with Crippen LogP contribution in [0.25, 0.3) is 0 Å². The summed E-state index contributed by atoms with van der Waals surface area (Å²) in [6, 6.07) is 5.55. The van der Waals surface area contributed by atoms with E-state index in [0.717, 1.165) is 17.1 Å². The van der Waals surface area contributed by atoms with Crippen molar-refractivity contribution in [1.29, 1.82) is 0 Å². The normalized spacial score (nSPS) is 8.85. The quantitative estimate of drug-likeness (QED) is 0.733.